The number of hydrogen-bond acceptors (Lipinski definition) is 2. The molecule has 90 valence electrons. The van der Waals surface area contributed by atoms with Crippen LogP contribution in [0, 0.1) is 12.7 Å². The Morgan fingerprint density at radius 1 is 1.44 bits per heavy atom. The molecule has 1 aromatic rings. The molecule has 4 heteroatoms. The fourth-order valence-electron chi connectivity index (χ4n) is 2.04. The first-order valence-corrected chi connectivity index (χ1v) is 5.42. The van der Waals surface area contributed by atoms with Gasteiger partial charge in [0.1, 0.15) is 5.82 Å². The fourth-order valence-corrected chi connectivity index (χ4v) is 2.04. The lowest BCUT2D eigenvalue weighted by Gasteiger charge is -2.36. The van der Waals surface area contributed by atoms with Crippen molar-refractivity contribution in [1.29, 1.82) is 0 Å². The first-order chi connectivity index (χ1) is 7.18. The highest BCUT2D eigenvalue weighted by Gasteiger charge is 2.20. The summed E-state index contributed by atoms with van der Waals surface area (Å²) in [5, 5.41) is 3.30. The number of benzene rings is 1. The SMILES string of the molecule is Cc1ccc(F)c(N2CCNC[C@H]2C)c1.Cl. The second-order valence-electron chi connectivity index (χ2n) is 4.20. The molecular weight excluding hydrogens is 227 g/mol. The minimum Gasteiger partial charge on any atom is -0.364 e. The van der Waals surface area contributed by atoms with Gasteiger partial charge < -0.3 is 10.2 Å². The number of halogens is 2. The molecule has 0 radical (unpaired) electrons. The molecule has 1 aliphatic heterocycles. The van der Waals surface area contributed by atoms with Crippen LogP contribution in [0.25, 0.3) is 0 Å². The molecule has 2 rings (SSSR count). The Hall–Kier alpha value is -0.800. The molecule has 1 heterocycles. The van der Waals surface area contributed by atoms with E-state index in [9.17, 15) is 4.39 Å². The van der Waals surface area contributed by atoms with E-state index in [0.29, 0.717) is 6.04 Å². The van der Waals surface area contributed by atoms with E-state index < -0.39 is 0 Å². The number of nitrogens with one attached hydrogen (secondary N) is 1. The second-order valence-corrected chi connectivity index (χ2v) is 4.20. The lowest BCUT2D eigenvalue weighted by atomic mass is 10.1. The summed E-state index contributed by atoms with van der Waals surface area (Å²) in [5.41, 5.74) is 1.85. The van der Waals surface area contributed by atoms with Gasteiger partial charge in [-0.25, -0.2) is 4.39 Å². The van der Waals surface area contributed by atoms with Gasteiger partial charge in [-0.15, -0.1) is 12.4 Å². The largest absolute Gasteiger partial charge is 0.364 e. The van der Waals surface area contributed by atoms with Gasteiger partial charge in [0.25, 0.3) is 0 Å². The van der Waals surface area contributed by atoms with Gasteiger partial charge in [-0.2, -0.15) is 0 Å². The van der Waals surface area contributed by atoms with Crippen LogP contribution in [0.2, 0.25) is 0 Å². The van der Waals surface area contributed by atoms with Crippen LogP contribution < -0.4 is 10.2 Å². The average Bonchev–Trinajstić information content (AvgIpc) is 2.23. The number of nitrogens with zero attached hydrogens (tertiary/aromatic N) is 1. The monoisotopic (exact) mass is 244 g/mol. The van der Waals surface area contributed by atoms with Crippen LogP contribution in [0.5, 0.6) is 0 Å². The highest BCUT2D eigenvalue weighted by Crippen LogP contribution is 2.23. The number of hydrogen-bond donors (Lipinski definition) is 1. The van der Waals surface area contributed by atoms with Gasteiger partial charge in [0.2, 0.25) is 0 Å². The van der Waals surface area contributed by atoms with E-state index in [2.05, 4.69) is 17.1 Å². The van der Waals surface area contributed by atoms with Gasteiger partial charge in [-0.1, -0.05) is 6.07 Å². The zero-order valence-electron chi connectivity index (χ0n) is 9.66. The summed E-state index contributed by atoms with van der Waals surface area (Å²) in [4.78, 5) is 2.14. The minimum atomic E-state index is -0.116. The fraction of sp³-hybridized carbons (Fsp3) is 0.500. The van der Waals surface area contributed by atoms with E-state index in [1.807, 2.05) is 19.1 Å². The molecule has 0 amide bonds. The normalized spacial score (nSPS) is 20.4. The summed E-state index contributed by atoms with van der Waals surface area (Å²) in [7, 11) is 0. The summed E-state index contributed by atoms with van der Waals surface area (Å²) < 4.78 is 13.7. The van der Waals surface area contributed by atoms with Crippen LogP contribution in [0.1, 0.15) is 12.5 Å². The topological polar surface area (TPSA) is 15.3 Å². The standard InChI is InChI=1S/C12H17FN2.ClH/c1-9-3-4-11(13)12(7-9)15-6-5-14-8-10(15)2;/h3-4,7,10,14H,5-6,8H2,1-2H3;1H/t10-;/m1./s1. The van der Waals surface area contributed by atoms with Gasteiger partial charge >= 0.3 is 0 Å². The van der Waals surface area contributed by atoms with Crippen LogP contribution in [-0.4, -0.2) is 25.7 Å². The van der Waals surface area contributed by atoms with Gasteiger partial charge in [-0.05, 0) is 31.5 Å². The highest BCUT2D eigenvalue weighted by molar-refractivity contribution is 5.85. The molecule has 2 nitrogen and oxygen atoms in total. The van der Waals surface area contributed by atoms with Crippen LogP contribution in [-0.2, 0) is 0 Å². The van der Waals surface area contributed by atoms with Crippen molar-refractivity contribution in [3.63, 3.8) is 0 Å². The molecule has 1 saturated heterocycles. The molecule has 16 heavy (non-hydrogen) atoms. The molecular formula is C12H18ClFN2. The Labute approximate surface area is 102 Å². The Bertz CT molecular complexity index is 357. The van der Waals surface area contributed by atoms with Crippen LogP contribution in [0.15, 0.2) is 18.2 Å². The van der Waals surface area contributed by atoms with Crippen LogP contribution in [0.3, 0.4) is 0 Å². The molecule has 0 bridgehead atoms. The van der Waals surface area contributed by atoms with Gasteiger partial charge in [0.15, 0.2) is 0 Å². The number of piperazine rings is 1. The third kappa shape index (κ3) is 2.66. The third-order valence-corrected chi connectivity index (χ3v) is 2.91. The summed E-state index contributed by atoms with van der Waals surface area (Å²) in [6.07, 6.45) is 0. The quantitative estimate of drug-likeness (QED) is 0.816. The van der Waals surface area contributed by atoms with E-state index in [-0.39, 0.29) is 18.2 Å². The Balaban J connectivity index is 0.00000128. The first-order valence-electron chi connectivity index (χ1n) is 5.42. The summed E-state index contributed by atoms with van der Waals surface area (Å²) in [6, 6.07) is 5.65. The molecule has 1 N–H and O–H groups in total. The van der Waals surface area contributed by atoms with Crippen LogP contribution >= 0.6 is 12.4 Å². The third-order valence-electron chi connectivity index (χ3n) is 2.91. The second kappa shape index (κ2) is 5.51. The molecule has 0 unspecified atom stereocenters. The van der Waals surface area contributed by atoms with Crippen molar-refractivity contribution in [1.82, 2.24) is 5.32 Å². The average molecular weight is 245 g/mol. The smallest absolute Gasteiger partial charge is 0.146 e. The predicted octanol–water partition coefficient (Wildman–Crippen LogP) is 2.35. The van der Waals surface area contributed by atoms with Crippen molar-refractivity contribution in [2.75, 3.05) is 24.5 Å². The van der Waals surface area contributed by atoms with E-state index in [1.54, 1.807) is 6.07 Å². The summed E-state index contributed by atoms with van der Waals surface area (Å²) >= 11 is 0. The lowest BCUT2D eigenvalue weighted by molar-refractivity contribution is 0.491. The Kier molecular flexibility index (Phi) is 4.56. The molecule has 0 spiro atoms. The predicted molar refractivity (Wildman–Crippen MR) is 68.1 cm³/mol. The zero-order valence-corrected chi connectivity index (χ0v) is 10.5. The molecule has 0 aromatic heterocycles. The van der Waals surface area contributed by atoms with Crippen molar-refractivity contribution in [3.05, 3.63) is 29.6 Å². The van der Waals surface area contributed by atoms with E-state index in [4.69, 9.17) is 0 Å². The molecule has 0 aliphatic carbocycles. The minimum absolute atomic E-state index is 0. The van der Waals surface area contributed by atoms with Crippen molar-refractivity contribution >= 4 is 18.1 Å². The molecule has 1 atom stereocenters. The maximum absolute atomic E-state index is 13.7. The maximum Gasteiger partial charge on any atom is 0.146 e. The number of anilines is 1. The van der Waals surface area contributed by atoms with Crippen molar-refractivity contribution in [2.45, 2.75) is 19.9 Å². The van der Waals surface area contributed by atoms with E-state index in [1.165, 1.54) is 0 Å². The number of aryl methyl sites for hydroxylation is 1. The molecule has 1 fully saturated rings. The molecule has 0 saturated carbocycles. The van der Waals surface area contributed by atoms with Gasteiger partial charge in [-0.3, -0.25) is 0 Å². The zero-order chi connectivity index (χ0) is 10.8. The van der Waals surface area contributed by atoms with E-state index >= 15 is 0 Å². The molecule has 1 aromatic carbocycles. The first kappa shape index (κ1) is 13.3. The van der Waals surface area contributed by atoms with E-state index in [0.717, 1.165) is 30.9 Å². The molecule has 1 aliphatic rings. The van der Waals surface area contributed by atoms with Crippen molar-refractivity contribution < 1.29 is 4.39 Å². The Morgan fingerprint density at radius 3 is 2.88 bits per heavy atom. The highest BCUT2D eigenvalue weighted by atomic mass is 35.5. The van der Waals surface area contributed by atoms with Gasteiger partial charge in [0, 0.05) is 25.7 Å². The van der Waals surface area contributed by atoms with Crippen molar-refractivity contribution in [3.8, 4) is 0 Å². The maximum atomic E-state index is 13.7. The van der Waals surface area contributed by atoms with Crippen LogP contribution in [0.4, 0.5) is 10.1 Å². The van der Waals surface area contributed by atoms with Crippen molar-refractivity contribution in [2.24, 2.45) is 0 Å². The summed E-state index contributed by atoms with van der Waals surface area (Å²) in [5.74, 6) is -0.116. The number of rotatable bonds is 1. The lowest BCUT2D eigenvalue weighted by Crippen LogP contribution is -2.50. The summed E-state index contributed by atoms with van der Waals surface area (Å²) in [6.45, 7) is 6.84. The Morgan fingerprint density at radius 2 is 2.19 bits per heavy atom. The van der Waals surface area contributed by atoms with Gasteiger partial charge in [0.05, 0.1) is 5.69 Å².